The van der Waals surface area contributed by atoms with Gasteiger partial charge in [0, 0.05) is 6.42 Å². The van der Waals surface area contributed by atoms with Crippen LogP contribution in [-0.2, 0) is 14.1 Å². The van der Waals surface area contributed by atoms with Gasteiger partial charge in [0.15, 0.2) is 8.32 Å². The second-order valence-electron chi connectivity index (χ2n) is 5.43. The monoisotopic (exact) mass is 248 g/mol. The Balaban J connectivity index is 4.56. The smallest absolute Gasteiger partial charge is 0.245 e. The zero-order valence-electron chi connectivity index (χ0n) is 10.9. The summed E-state index contributed by atoms with van der Waals surface area (Å²) >= 11 is 0. The van der Waals surface area contributed by atoms with Crippen LogP contribution in [0.25, 0.3) is 0 Å². The molecule has 0 aromatic rings. The molecule has 1 atom stereocenters. The Labute approximate surface area is 98.6 Å². The maximum atomic E-state index is 11.2. The highest BCUT2D eigenvalue weighted by Gasteiger charge is 2.40. The molecule has 5 nitrogen and oxygen atoms in total. The van der Waals surface area contributed by atoms with Gasteiger partial charge in [-0.2, -0.15) is 0 Å². The van der Waals surface area contributed by atoms with Crippen molar-refractivity contribution in [2.75, 3.05) is 6.61 Å². The molecule has 0 aliphatic rings. The molecule has 0 bridgehead atoms. The van der Waals surface area contributed by atoms with Gasteiger partial charge < -0.3 is 15.0 Å². The van der Waals surface area contributed by atoms with Crippen molar-refractivity contribution in [2.24, 2.45) is 11.6 Å². The lowest BCUT2D eigenvalue weighted by atomic mass is 10.2. The molecule has 1 amide bonds. The van der Waals surface area contributed by atoms with Crippen molar-refractivity contribution in [3.8, 4) is 0 Å². The summed E-state index contributed by atoms with van der Waals surface area (Å²) in [5.41, 5.74) is 5.29. The topological polar surface area (TPSA) is 87.6 Å². The number of primary amides is 1. The first kappa shape index (κ1) is 15.6. The Bertz CT molecular complexity index is 239. The Hall–Kier alpha value is -0.433. The number of hydrogen-bond acceptors (Lipinski definition) is 4. The Morgan fingerprint density at radius 2 is 1.88 bits per heavy atom. The number of carbonyl (C=O) groups excluding carboxylic acids is 1. The van der Waals surface area contributed by atoms with Gasteiger partial charge in [-0.1, -0.05) is 20.8 Å². The van der Waals surface area contributed by atoms with E-state index in [0.717, 1.165) is 0 Å². The molecule has 0 radical (unpaired) electrons. The second-order valence-corrected chi connectivity index (χ2v) is 10.2. The second kappa shape index (κ2) is 5.76. The van der Waals surface area contributed by atoms with E-state index in [4.69, 9.17) is 16.1 Å². The fourth-order valence-electron chi connectivity index (χ4n) is 0.967. The van der Waals surface area contributed by atoms with Crippen LogP contribution in [0.4, 0.5) is 0 Å². The molecule has 0 heterocycles. The molecule has 0 unspecified atom stereocenters. The van der Waals surface area contributed by atoms with Gasteiger partial charge in [0.05, 0.1) is 6.61 Å². The molecule has 16 heavy (non-hydrogen) atoms. The van der Waals surface area contributed by atoms with E-state index in [0.29, 0.717) is 6.42 Å². The molecule has 4 N–H and O–H groups in total. The number of rotatable bonds is 6. The van der Waals surface area contributed by atoms with E-state index < -0.39 is 20.3 Å². The van der Waals surface area contributed by atoms with Crippen LogP contribution in [0.5, 0.6) is 0 Å². The number of nitrogens with two attached hydrogens (primary N) is 2. The maximum absolute atomic E-state index is 11.2. The third kappa shape index (κ3) is 4.61. The highest BCUT2D eigenvalue weighted by Crippen LogP contribution is 2.37. The predicted octanol–water partition coefficient (Wildman–Crippen LogP) is 1.14. The van der Waals surface area contributed by atoms with E-state index in [2.05, 4.69) is 38.7 Å². The zero-order valence-corrected chi connectivity index (χ0v) is 11.9. The van der Waals surface area contributed by atoms with E-state index in [1.54, 1.807) is 0 Å². The number of hydrogen-bond donors (Lipinski definition) is 2. The molecule has 0 aromatic heterocycles. The van der Waals surface area contributed by atoms with Crippen LogP contribution in [0.3, 0.4) is 0 Å². The first-order chi connectivity index (χ1) is 7.12. The fourth-order valence-corrected chi connectivity index (χ4v) is 2.27. The van der Waals surface area contributed by atoms with E-state index in [1.165, 1.54) is 0 Å². The normalized spacial score (nSPS) is 14.9. The fraction of sp³-hybridized carbons (Fsp3) is 0.900. The summed E-state index contributed by atoms with van der Waals surface area (Å²) in [6.45, 7) is 10.7. The SMILES string of the molecule is CC(C)(C)[Si](C)(C)O[C@@H](CCON)C(N)=O. The number of amides is 1. The molecular formula is C10H24N2O3Si. The van der Waals surface area contributed by atoms with Gasteiger partial charge in [-0.05, 0) is 18.1 Å². The molecule has 0 saturated carbocycles. The first-order valence-electron chi connectivity index (χ1n) is 5.40. The minimum Gasteiger partial charge on any atom is -0.405 e. The third-order valence-corrected chi connectivity index (χ3v) is 7.54. The van der Waals surface area contributed by atoms with E-state index >= 15 is 0 Å². The Morgan fingerprint density at radius 1 is 1.38 bits per heavy atom. The lowest BCUT2D eigenvalue weighted by molar-refractivity contribution is -0.126. The van der Waals surface area contributed by atoms with Crippen molar-refractivity contribution in [1.29, 1.82) is 0 Å². The molecule has 0 rings (SSSR count). The summed E-state index contributed by atoms with van der Waals surface area (Å²) in [6, 6.07) is 0. The predicted molar refractivity (Wildman–Crippen MR) is 66.0 cm³/mol. The first-order valence-corrected chi connectivity index (χ1v) is 8.31. The Kier molecular flexibility index (Phi) is 5.61. The highest BCUT2D eigenvalue weighted by molar-refractivity contribution is 6.74. The van der Waals surface area contributed by atoms with Gasteiger partial charge in [-0.3, -0.25) is 4.79 Å². The summed E-state index contributed by atoms with van der Waals surface area (Å²) in [7, 11) is -1.98. The average Bonchev–Trinajstić information content (AvgIpc) is 2.09. The quantitative estimate of drug-likeness (QED) is 0.545. The highest BCUT2D eigenvalue weighted by atomic mass is 28.4. The van der Waals surface area contributed by atoms with Crippen LogP contribution in [-0.4, -0.2) is 26.9 Å². The zero-order chi connectivity index (χ0) is 13.0. The largest absolute Gasteiger partial charge is 0.405 e. The van der Waals surface area contributed by atoms with Gasteiger partial charge in [0.2, 0.25) is 5.91 Å². The minimum atomic E-state index is -1.98. The van der Waals surface area contributed by atoms with Crippen LogP contribution < -0.4 is 11.6 Å². The van der Waals surface area contributed by atoms with Crippen LogP contribution in [0.2, 0.25) is 18.1 Å². The molecule has 96 valence electrons. The van der Waals surface area contributed by atoms with E-state index in [-0.39, 0.29) is 11.6 Å². The van der Waals surface area contributed by atoms with Crippen LogP contribution >= 0.6 is 0 Å². The molecule has 0 aliphatic heterocycles. The summed E-state index contributed by atoms with van der Waals surface area (Å²) in [5, 5.41) is 0.0459. The summed E-state index contributed by atoms with van der Waals surface area (Å²) in [6.07, 6.45) is -0.206. The van der Waals surface area contributed by atoms with Crippen LogP contribution in [0.15, 0.2) is 0 Å². The molecule has 0 fully saturated rings. The van der Waals surface area contributed by atoms with Gasteiger partial charge >= 0.3 is 0 Å². The van der Waals surface area contributed by atoms with Gasteiger partial charge in [0.1, 0.15) is 6.10 Å². The standard InChI is InChI=1S/C10H24N2O3Si/c1-10(2,3)16(4,5)15-8(9(11)13)6-7-14-12/h8H,6-7,12H2,1-5H3,(H2,11,13)/t8-/m0/s1. The van der Waals surface area contributed by atoms with Crippen molar-refractivity contribution in [2.45, 2.75) is 51.4 Å². The molecule has 0 saturated heterocycles. The van der Waals surface area contributed by atoms with Crippen LogP contribution in [0, 0.1) is 0 Å². The maximum Gasteiger partial charge on any atom is 0.245 e. The lowest BCUT2D eigenvalue weighted by Crippen LogP contribution is -2.48. The average molecular weight is 248 g/mol. The van der Waals surface area contributed by atoms with E-state index in [1.807, 2.05) is 0 Å². The molecule has 0 aliphatic carbocycles. The summed E-state index contributed by atoms with van der Waals surface area (Å²) in [5.74, 6) is 4.47. The summed E-state index contributed by atoms with van der Waals surface area (Å²) in [4.78, 5) is 15.7. The van der Waals surface area contributed by atoms with Crippen molar-refractivity contribution in [3.63, 3.8) is 0 Å². The Morgan fingerprint density at radius 3 is 2.19 bits per heavy atom. The van der Waals surface area contributed by atoms with Gasteiger partial charge in [0.25, 0.3) is 0 Å². The van der Waals surface area contributed by atoms with Crippen molar-refractivity contribution >= 4 is 14.2 Å². The van der Waals surface area contributed by atoms with Crippen LogP contribution in [0.1, 0.15) is 27.2 Å². The third-order valence-electron chi connectivity index (χ3n) is 3.06. The van der Waals surface area contributed by atoms with Crippen molar-refractivity contribution < 1.29 is 14.1 Å². The number of carbonyl (C=O) groups is 1. The molecule has 6 heteroatoms. The van der Waals surface area contributed by atoms with Gasteiger partial charge in [-0.25, -0.2) is 5.90 Å². The van der Waals surface area contributed by atoms with E-state index in [9.17, 15) is 4.79 Å². The molecule has 0 spiro atoms. The molecular weight excluding hydrogens is 224 g/mol. The summed E-state index contributed by atoms with van der Waals surface area (Å²) < 4.78 is 5.89. The van der Waals surface area contributed by atoms with Gasteiger partial charge in [-0.15, -0.1) is 0 Å². The molecule has 0 aromatic carbocycles. The van der Waals surface area contributed by atoms with Crippen molar-refractivity contribution in [3.05, 3.63) is 0 Å². The minimum absolute atomic E-state index is 0.0459. The van der Waals surface area contributed by atoms with Crippen molar-refractivity contribution in [1.82, 2.24) is 0 Å². The lowest BCUT2D eigenvalue weighted by Gasteiger charge is -2.38.